The predicted molar refractivity (Wildman–Crippen MR) is 58.4 cm³/mol. The van der Waals surface area contributed by atoms with Crippen LogP contribution >= 0.6 is 0 Å². The van der Waals surface area contributed by atoms with Crippen LogP contribution in [0.4, 0.5) is 0 Å². The molecule has 2 rings (SSSR count). The normalized spacial score (nSPS) is 10.6. The van der Waals surface area contributed by atoms with E-state index in [2.05, 4.69) is 10.1 Å². The second-order valence-electron chi connectivity index (χ2n) is 3.64. The summed E-state index contributed by atoms with van der Waals surface area (Å²) in [6.07, 6.45) is 0. The molecule has 0 fully saturated rings. The summed E-state index contributed by atoms with van der Waals surface area (Å²) in [7, 11) is 0. The minimum Gasteiger partial charge on any atom is -0.294 e. The largest absolute Gasteiger partial charge is 0.294 e. The van der Waals surface area contributed by atoms with Crippen LogP contribution in [0.3, 0.4) is 0 Å². The van der Waals surface area contributed by atoms with Gasteiger partial charge in [-0.3, -0.25) is 9.89 Å². The third kappa shape index (κ3) is 1.58. The molecule has 0 amide bonds. The molecule has 78 valence electrons. The Morgan fingerprint density at radius 3 is 2.53 bits per heavy atom. The van der Waals surface area contributed by atoms with Crippen molar-refractivity contribution in [3.8, 4) is 5.82 Å². The molecule has 0 unspecified atom stereocenters. The quantitative estimate of drug-likeness (QED) is 0.763. The van der Waals surface area contributed by atoms with Crippen molar-refractivity contribution in [3.63, 3.8) is 0 Å². The molecule has 0 spiro atoms. The number of hydrogen-bond donors (Lipinski definition) is 1. The highest BCUT2D eigenvalue weighted by Gasteiger charge is 2.08. The molecule has 0 atom stereocenters. The zero-order valence-electron chi connectivity index (χ0n) is 9.03. The highest BCUT2D eigenvalue weighted by molar-refractivity contribution is 5.26. The van der Waals surface area contributed by atoms with Gasteiger partial charge in [0, 0.05) is 17.0 Å². The molecule has 0 aromatic carbocycles. The van der Waals surface area contributed by atoms with Crippen LogP contribution in [0.5, 0.6) is 0 Å². The Morgan fingerprint density at radius 2 is 2.00 bits per heavy atom. The molecule has 0 aliphatic rings. The number of aromatic nitrogens is 3. The van der Waals surface area contributed by atoms with Crippen molar-refractivity contribution < 1.29 is 0 Å². The van der Waals surface area contributed by atoms with Gasteiger partial charge in [-0.15, -0.1) is 0 Å². The number of aryl methyl sites for hydroxylation is 2. The number of nitrogens with zero attached hydrogens (tertiary/aromatic N) is 2. The van der Waals surface area contributed by atoms with Gasteiger partial charge in [-0.2, -0.15) is 0 Å². The van der Waals surface area contributed by atoms with Crippen LogP contribution < -0.4 is 5.56 Å². The SMILES string of the molecule is Cc1cccc(-n2[nH]c(C)c(C)c2=O)n1. The zero-order valence-corrected chi connectivity index (χ0v) is 9.03. The molecule has 4 nitrogen and oxygen atoms in total. The fraction of sp³-hybridized carbons (Fsp3) is 0.273. The van der Waals surface area contributed by atoms with E-state index in [1.165, 1.54) is 4.68 Å². The average Bonchev–Trinajstić information content (AvgIpc) is 2.46. The van der Waals surface area contributed by atoms with Gasteiger partial charge in [0.25, 0.3) is 5.56 Å². The Kier molecular flexibility index (Phi) is 2.19. The van der Waals surface area contributed by atoms with E-state index < -0.39 is 0 Å². The standard InChI is InChI=1S/C11H13N3O/c1-7-5-4-6-10(12-7)14-11(15)8(2)9(3)13-14/h4-6,13H,1-3H3. The highest BCUT2D eigenvalue weighted by atomic mass is 16.1. The van der Waals surface area contributed by atoms with Gasteiger partial charge >= 0.3 is 0 Å². The van der Waals surface area contributed by atoms with Crippen molar-refractivity contribution in [2.24, 2.45) is 0 Å². The summed E-state index contributed by atoms with van der Waals surface area (Å²) in [5, 5.41) is 3.00. The molecular formula is C11H13N3O. The Labute approximate surface area is 87.6 Å². The predicted octanol–water partition coefficient (Wildman–Crippen LogP) is 1.49. The maximum absolute atomic E-state index is 11.8. The van der Waals surface area contributed by atoms with Gasteiger partial charge in [-0.05, 0) is 32.9 Å². The van der Waals surface area contributed by atoms with Gasteiger partial charge in [0.1, 0.15) is 0 Å². The Bertz CT molecular complexity index is 551. The first-order valence-electron chi connectivity index (χ1n) is 4.82. The smallest absolute Gasteiger partial charge is 0.275 e. The van der Waals surface area contributed by atoms with E-state index in [-0.39, 0.29) is 5.56 Å². The van der Waals surface area contributed by atoms with Gasteiger partial charge in [-0.1, -0.05) is 6.07 Å². The Morgan fingerprint density at radius 1 is 1.27 bits per heavy atom. The third-order valence-electron chi connectivity index (χ3n) is 2.47. The summed E-state index contributed by atoms with van der Waals surface area (Å²) in [6.45, 7) is 5.58. The van der Waals surface area contributed by atoms with E-state index in [0.29, 0.717) is 5.82 Å². The van der Waals surface area contributed by atoms with Crippen molar-refractivity contribution in [3.05, 3.63) is 45.5 Å². The minimum atomic E-state index is -0.0365. The maximum Gasteiger partial charge on any atom is 0.275 e. The Balaban J connectivity index is 2.64. The lowest BCUT2D eigenvalue weighted by Crippen LogP contribution is -2.17. The lowest BCUT2D eigenvalue weighted by Gasteiger charge is -2.00. The number of pyridine rings is 1. The molecule has 2 heterocycles. The van der Waals surface area contributed by atoms with Crippen LogP contribution in [0.1, 0.15) is 17.0 Å². The van der Waals surface area contributed by atoms with Crippen molar-refractivity contribution in [1.82, 2.24) is 14.8 Å². The molecule has 1 N–H and O–H groups in total. The summed E-state index contributed by atoms with van der Waals surface area (Å²) < 4.78 is 1.47. The summed E-state index contributed by atoms with van der Waals surface area (Å²) in [4.78, 5) is 16.1. The first kappa shape index (κ1) is 9.71. The van der Waals surface area contributed by atoms with Crippen molar-refractivity contribution in [2.45, 2.75) is 20.8 Å². The lowest BCUT2D eigenvalue weighted by molar-refractivity contribution is 0.802. The van der Waals surface area contributed by atoms with Crippen LogP contribution in [0, 0.1) is 20.8 Å². The summed E-state index contributed by atoms with van der Waals surface area (Å²) in [6, 6.07) is 5.59. The maximum atomic E-state index is 11.8. The van der Waals surface area contributed by atoms with Gasteiger partial charge in [0.15, 0.2) is 5.82 Å². The summed E-state index contributed by atoms with van der Waals surface area (Å²) in [5.41, 5.74) is 2.47. The molecule has 4 heteroatoms. The number of hydrogen-bond acceptors (Lipinski definition) is 2. The molecular weight excluding hydrogens is 190 g/mol. The molecule has 0 aliphatic carbocycles. The second-order valence-corrected chi connectivity index (χ2v) is 3.64. The number of nitrogens with one attached hydrogen (secondary N) is 1. The molecule has 15 heavy (non-hydrogen) atoms. The van der Waals surface area contributed by atoms with E-state index in [1.807, 2.05) is 32.0 Å². The second kappa shape index (κ2) is 3.38. The average molecular weight is 203 g/mol. The lowest BCUT2D eigenvalue weighted by atomic mass is 10.3. The number of rotatable bonds is 1. The van der Waals surface area contributed by atoms with E-state index in [1.54, 1.807) is 6.92 Å². The van der Waals surface area contributed by atoms with E-state index in [9.17, 15) is 4.79 Å². The molecule has 0 aliphatic heterocycles. The Hall–Kier alpha value is -1.84. The minimum absolute atomic E-state index is 0.0365. The molecule has 2 aromatic rings. The fourth-order valence-electron chi connectivity index (χ4n) is 1.44. The molecule has 0 saturated carbocycles. The fourth-order valence-corrected chi connectivity index (χ4v) is 1.44. The monoisotopic (exact) mass is 203 g/mol. The van der Waals surface area contributed by atoms with Crippen molar-refractivity contribution in [1.29, 1.82) is 0 Å². The van der Waals surface area contributed by atoms with Gasteiger partial charge in [0.2, 0.25) is 0 Å². The summed E-state index contributed by atoms with van der Waals surface area (Å²) in [5.74, 6) is 0.635. The number of H-pyrrole nitrogens is 1. The van der Waals surface area contributed by atoms with Crippen LogP contribution in [-0.4, -0.2) is 14.8 Å². The van der Waals surface area contributed by atoms with E-state index in [4.69, 9.17) is 0 Å². The van der Waals surface area contributed by atoms with Gasteiger partial charge in [-0.25, -0.2) is 9.67 Å². The van der Waals surface area contributed by atoms with E-state index in [0.717, 1.165) is 17.0 Å². The summed E-state index contributed by atoms with van der Waals surface area (Å²) >= 11 is 0. The van der Waals surface area contributed by atoms with E-state index >= 15 is 0 Å². The van der Waals surface area contributed by atoms with Gasteiger partial charge in [0.05, 0.1) is 0 Å². The molecule has 0 radical (unpaired) electrons. The first-order valence-corrected chi connectivity index (χ1v) is 4.82. The number of aromatic amines is 1. The first-order chi connectivity index (χ1) is 7.09. The van der Waals surface area contributed by atoms with Gasteiger partial charge < -0.3 is 0 Å². The third-order valence-corrected chi connectivity index (χ3v) is 2.47. The van der Waals surface area contributed by atoms with Crippen molar-refractivity contribution >= 4 is 0 Å². The van der Waals surface area contributed by atoms with Crippen molar-refractivity contribution in [2.75, 3.05) is 0 Å². The van der Waals surface area contributed by atoms with Crippen LogP contribution in [-0.2, 0) is 0 Å². The van der Waals surface area contributed by atoms with Crippen LogP contribution in [0.15, 0.2) is 23.0 Å². The molecule has 2 aromatic heterocycles. The highest BCUT2D eigenvalue weighted by Crippen LogP contribution is 2.04. The molecule has 0 bridgehead atoms. The molecule has 0 saturated heterocycles. The van der Waals surface area contributed by atoms with Crippen LogP contribution in [0.2, 0.25) is 0 Å². The topological polar surface area (TPSA) is 50.7 Å². The van der Waals surface area contributed by atoms with Crippen LogP contribution in [0.25, 0.3) is 5.82 Å². The zero-order chi connectivity index (χ0) is 11.0.